The molecule has 0 amide bonds. The third-order valence-corrected chi connectivity index (χ3v) is 5.38. The molecular weight excluding hydrogens is 290 g/mol. The Morgan fingerprint density at radius 1 is 1.13 bits per heavy atom. The molecule has 2 aliphatic heterocycles. The maximum absolute atomic E-state index is 9.82. The molecular formula is C17H25N5O. The zero-order valence-electron chi connectivity index (χ0n) is 13.5. The van der Waals surface area contributed by atoms with Crippen LogP contribution in [0.25, 0.3) is 11.0 Å². The highest BCUT2D eigenvalue weighted by Gasteiger charge is 2.35. The molecule has 0 aromatic carbocycles. The monoisotopic (exact) mass is 315 g/mol. The Morgan fingerprint density at radius 3 is 2.78 bits per heavy atom. The number of nitrogens with one attached hydrogen (secondary N) is 1. The van der Waals surface area contributed by atoms with Gasteiger partial charge >= 0.3 is 0 Å². The van der Waals surface area contributed by atoms with Crippen molar-refractivity contribution in [3.8, 4) is 0 Å². The van der Waals surface area contributed by atoms with Crippen molar-refractivity contribution in [2.75, 3.05) is 44.2 Å². The molecule has 0 aliphatic carbocycles. The fourth-order valence-corrected chi connectivity index (χ4v) is 4.11. The number of piperidine rings is 1. The molecule has 0 radical (unpaired) electrons. The standard InChI is InChI=1S/C17H25N5O/c23-11-14-10-22(9-13(14)8-21-6-2-1-3-7-21)17-15-4-5-18-16(15)19-12-20-17/h4-5,12-14,23H,1-3,6-11H2,(H,18,19,20)/t13-,14-/m0/s1. The molecule has 6 heteroatoms. The Kier molecular flexibility index (Phi) is 4.18. The lowest BCUT2D eigenvalue weighted by atomic mass is 9.95. The number of anilines is 1. The topological polar surface area (TPSA) is 68.3 Å². The maximum Gasteiger partial charge on any atom is 0.142 e. The van der Waals surface area contributed by atoms with E-state index in [1.54, 1.807) is 6.33 Å². The fourth-order valence-electron chi connectivity index (χ4n) is 4.11. The summed E-state index contributed by atoms with van der Waals surface area (Å²) in [5, 5.41) is 10.9. The van der Waals surface area contributed by atoms with E-state index < -0.39 is 0 Å². The minimum atomic E-state index is 0.260. The van der Waals surface area contributed by atoms with Gasteiger partial charge in [-0.25, -0.2) is 9.97 Å². The molecule has 2 atom stereocenters. The number of fused-ring (bicyclic) bond motifs is 1. The Bertz CT molecular complexity index is 651. The third-order valence-electron chi connectivity index (χ3n) is 5.38. The second-order valence-electron chi connectivity index (χ2n) is 6.91. The van der Waals surface area contributed by atoms with E-state index in [1.807, 2.05) is 12.3 Å². The predicted molar refractivity (Wildman–Crippen MR) is 90.5 cm³/mol. The van der Waals surface area contributed by atoms with Crippen LogP contribution >= 0.6 is 0 Å². The van der Waals surface area contributed by atoms with Gasteiger partial charge in [-0.1, -0.05) is 6.42 Å². The van der Waals surface area contributed by atoms with Gasteiger partial charge in [0, 0.05) is 38.4 Å². The summed E-state index contributed by atoms with van der Waals surface area (Å²) in [5.74, 6) is 1.85. The molecule has 0 spiro atoms. The van der Waals surface area contributed by atoms with Gasteiger partial charge in [0.15, 0.2) is 0 Å². The molecule has 2 aromatic rings. The van der Waals surface area contributed by atoms with E-state index in [2.05, 4.69) is 24.8 Å². The number of hydrogen-bond acceptors (Lipinski definition) is 5. The first-order valence-electron chi connectivity index (χ1n) is 8.71. The molecule has 2 aliphatic rings. The molecule has 124 valence electrons. The first-order valence-corrected chi connectivity index (χ1v) is 8.71. The van der Waals surface area contributed by atoms with Gasteiger partial charge in [0.1, 0.15) is 17.8 Å². The minimum Gasteiger partial charge on any atom is -0.396 e. The second-order valence-corrected chi connectivity index (χ2v) is 6.91. The van der Waals surface area contributed by atoms with Gasteiger partial charge in [0.25, 0.3) is 0 Å². The van der Waals surface area contributed by atoms with Crippen LogP contribution in [0.4, 0.5) is 5.82 Å². The molecule has 0 unspecified atom stereocenters. The summed E-state index contributed by atoms with van der Waals surface area (Å²) >= 11 is 0. The number of nitrogens with zero attached hydrogens (tertiary/aromatic N) is 4. The number of rotatable bonds is 4. The van der Waals surface area contributed by atoms with Crippen molar-refractivity contribution in [1.82, 2.24) is 19.9 Å². The largest absolute Gasteiger partial charge is 0.396 e. The molecule has 2 aromatic heterocycles. The van der Waals surface area contributed by atoms with Crippen LogP contribution in [-0.4, -0.2) is 64.3 Å². The van der Waals surface area contributed by atoms with Gasteiger partial charge in [-0.15, -0.1) is 0 Å². The SMILES string of the molecule is OC[C@@H]1CN(c2ncnc3[nH]ccc23)C[C@@H]1CN1CCCCC1. The summed E-state index contributed by atoms with van der Waals surface area (Å²) in [6.07, 6.45) is 7.53. The number of aromatic nitrogens is 3. The Hall–Kier alpha value is -1.66. The van der Waals surface area contributed by atoms with Crippen molar-refractivity contribution < 1.29 is 5.11 Å². The highest BCUT2D eigenvalue weighted by Crippen LogP contribution is 2.31. The van der Waals surface area contributed by atoms with Gasteiger partial charge in [-0.3, -0.25) is 0 Å². The Balaban J connectivity index is 1.51. The van der Waals surface area contributed by atoms with Crippen molar-refractivity contribution in [2.24, 2.45) is 11.8 Å². The predicted octanol–water partition coefficient (Wildman–Crippen LogP) is 1.49. The van der Waals surface area contributed by atoms with E-state index >= 15 is 0 Å². The van der Waals surface area contributed by atoms with Crippen molar-refractivity contribution >= 4 is 16.9 Å². The average Bonchev–Trinajstić information content (AvgIpc) is 3.22. The number of likely N-dealkylation sites (tertiary alicyclic amines) is 1. The number of aromatic amines is 1. The summed E-state index contributed by atoms with van der Waals surface area (Å²) in [5.41, 5.74) is 0.884. The number of aliphatic hydroxyl groups excluding tert-OH is 1. The van der Waals surface area contributed by atoms with Crippen LogP contribution < -0.4 is 4.90 Å². The van der Waals surface area contributed by atoms with Crippen molar-refractivity contribution in [3.05, 3.63) is 18.6 Å². The van der Waals surface area contributed by atoms with Gasteiger partial charge in [0.05, 0.1) is 5.39 Å². The summed E-state index contributed by atoms with van der Waals surface area (Å²) in [6.45, 7) is 5.64. The fraction of sp³-hybridized carbons (Fsp3) is 0.647. The van der Waals surface area contributed by atoms with Gasteiger partial charge in [0.2, 0.25) is 0 Å². The Labute approximate surface area is 136 Å². The van der Waals surface area contributed by atoms with E-state index in [1.165, 1.54) is 32.4 Å². The number of hydrogen-bond donors (Lipinski definition) is 2. The summed E-state index contributed by atoms with van der Waals surface area (Å²) in [4.78, 5) is 16.8. The lowest BCUT2D eigenvalue weighted by Crippen LogP contribution is -2.37. The van der Waals surface area contributed by atoms with Gasteiger partial charge in [-0.2, -0.15) is 0 Å². The summed E-state index contributed by atoms with van der Waals surface area (Å²) in [6, 6.07) is 2.04. The van der Waals surface area contributed by atoms with E-state index in [0.29, 0.717) is 11.8 Å². The highest BCUT2D eigenvalue weighted by atomic mass is 16.3. The zero-order chi connectivity index (χ0) is 15.6. The molecule has 0 bridgehead atoms. The van der Waals surface area contributed by atoms with Gasteiger partial charge in [-0.05, 0) is 37.9 Å². The molecule has 23 heavy (non-hydrogen) atoms. The van der Waals surface area contributed by atoms with Crippen molar-refractivity contribution in [2.45, 2.75) is 19.3 Å². The van der Waals surface area contributed by atoms with E-state index in [0.717, 1.165) is 36.5 Å². The zero-order valence-corrected chi connectivity index (χ0v) is 13.5. The lowest BCUT2D eigenvalue weighted by molar-refractivity contribution is 0.149. The van der Waals surface area contributed by atoms with Gasteiger partial charge < -0.3 is 19.9 Å². The molecule has 6 nitrogen and oxygen atoms in total. The highest BCUT2D eigenvalue weighted by molar-refractivity contribution is 5.87. The number of H-pyrrole nitrogens is 1. The molecule has 0 saturated carbocycles. The average molecular weight is 315 g/mol. The van der Waals surface area contributed by atoms with Crippen LogP contribution in [0.2, 0.25) is 0 Å². The summed E-state index contributed by atoms with van der Waals surface area (Å²) < 4.78 is 0. The van der Waals surface area contributed by atoms with Crippen LogP contribution in [0.15, 0.2) is 18.6 Å². The Morgan fingerprint density at radius 2 is 1.96 bits per heavy atom. The first-order chi connectivity index (χ1) is 11.3. The normalized spacial score (nSPS) is 26.2. The summed E-state index contributed by atoms with van der Waals surface area (Å²) in [7, 11) is 0. The van der Waals surface area contributed by atoms with E-state index in [4.69, 9.17) is 0 Å². The van der Waals surface area contributed by atoms with Crippen LogP contribution in [-0.2, 0) is 0 Å². The molecule has 2 saturated heterocycles. The van der Waals surface area contributed by atoms with E-state index in [9.17, 15) is 5.11 Å². The van der Waals surface area contributed by atoms with Crippen molar-refractivity contribution in [1.29, 1.82) is 0 Å². The molecule has 2 N–H and O–H groups in total. The second kappa shape index (κ2) is 6.45. The van der Waals surface area contributed by atoms with E-state index in [-0.39, 0.29) is 6.61 Å². The number of aliphatic hydroxyl groups is 1. The quantitative estimate of drug-likeness (QED) is 0.895. The molecule has 4 rings (SSSR count). The van der Waals surface area contributed by atoms with Crippen LogP contribution in [0.3, 0.4) is 0 Å². The maximum atomic E-state index is 9.82. The lowest BCUT2D eigenvalue weighted by Gasteiger charge is -2.30. The minimum absolute atomic E-state index is 0.260. The molecule has 2 fully saturated rings. The van der Waals surface area contributed by atoms with Crippen LogP contribution in [0.1, 0.15) is 19.3 Å². The van der Waals surface area contributed by atoms with Crippen molar-refractivity contribution in [3.63, 3.8) is 0 Å². The van der Waals surface area contributed by atoms with Crippen LogP contribution in [0.5, 0.6) is 0 Å². The first kappa shape index (κ1) is 14.9. The van der Waals surface area contributed by atoms with Crippen LogP contribution in [0, 0.1) is 11.8 Å². The molecule has 4 heterocycles. The smallest absolute Gasteiger partial charge is 0.142 e. The third kappa shape index (κ3) is 2.93.